The second-order valence-corrected chi connectivity index (χ2v) is 10.2. The number of amides is 1. The summed E-state index contributed by atoms with van der Waals surface area (Å²) in [7, 11) is -0.793. The summed E-state index contributed by atoms with van der Waals surface area (Å²) >= 11 is 0. The van der Waals surface area contributed by atoms with Gasteiger partial charge in [0.2, 0.25) is 5.91 Å². The summed E-state index contributed by atoms with van der Waals surface area (Å²) in [5, 5.41) is 2.83. The largest absolute Gasteiger partial charge is 0.493 e. The van der Waals surface area contributed by atoms with Gasteiger partial charge in [0, 0.05) is 6.54 Å². The van der Waals surface area contributed by atoms with E-state index in [2.05, 4.69) is 19.2 Å². The zero-order valence-electron chi connectivity index (χ0n) is 20.5. The fourth-order valence-electron chi connectivity index (χ4n) is 3.63. The summed E-state index contributed by atoms with van der Waals surface area (Å²) in [5.74, 6) is 1.16. The van der Waals surface area contributed by atoms with Gasteiger partial charge >= 0.3 is 0 Å². The molecule has 3 aromatic rings. The molecule has 35 heavy (non-hydrogen) atoms. The van der Waals surface area contributed by atoms with Crippen LogP contribution in [0.3, 0.4) is 0 Å². The molecular formula is C27H32N2O5S. The summed E-state index contributed by atoms with van der Waals surface area (Å²) < 4.78 is 38.6. The fraction of sp³-hybridized carbons (Fsp3) is 0.296. The Hall–Kier alpha value is -3.52. The van der Waals surface area contributed by atoms with Gasteiger partial charge in [0.15, 0.2) is 11.5 Å². The highest BCUT2D eigenvalue weighted by Crippen LogP contribution is 2.28. The molecule has 0 aliphatic rings. The number of ether oxygens (including phenoxy) is 2. The van der Waals surface area contributed by atoms with Crippen LogP contribution in [0.4, 0.5) is 5.69 Å². The minimum Gasteiger partial charge on any atom is -0.493 e. The maximum atomic E-state index is 13.4. The molecule has 0 unspecified atom stereocenters. The third-order valence-corrected chi connectivity index (χ3v) is 7.44. The number of hydrogen-bond acceptors (Lipinski definition) is 5. The highest BCUT2D eigenvalue weighted by molar-refractivity contribution is 7.92. The van der Waals surface area contributed by atoms with E-state index in [0.29, 0.717) is 36.1 Å². The Labute approximate surface area is 207 Å². The van der Waals surface area contributed by atoms with Gasteiger partial charge in [-0.05, 0) is 59.9 Å². The number of sulfonamides is 1. The Morgan fingerprint density at radius 2 is 1.57 bits per heavy atom. The van der Waals surface area contributed by atoms with Crippen molar-refractivity contribution in [3.8, 4) is 11.5 Å². The van der Waals surface area contributed by atoms with Crippen molar-refractivity contribution in [1.29, 1.82) is 0 Å². The average Bonchev–Trinajstić information content (AvgIpc) is 2.87. The van der Waals surface area contributed by atoms with Gasteiger partial charge in [-0.25, -0.2) is 8.42 Å². The van der Waals surface area contributed by atoms with E-state index in [9.17, 15) is 13.2 Å². The number of anilines is 1. The minimum absolute atomic E-state index is 0.131. The van der Waals surface area contributed by atoms with Crippen LogP contribution in [0.2, 0.25) is 0 Å². The molecule has 0 aliphatic carbocycles. The number of carbonyl (C=O) groups excluding carboxylic acids is 1. The molecule has 3 aromatic carbocycles. The third-order valence-electron chi connectivity index (χ3n) is 5.65. The summed E-state index contributed by atoms with van der Waals surface area (Å²) in [5.41, 5.74) is 2.49. The second kappa shape index (κ2) is 11.8. The zero-order chi connectivity index (χ0) is 25.4. The van der Waals surface area contributed by atoms with Crippen LogP contribution >= 0.6 is 0 Å². The number of nitrogens with zero attached hydrogens (tertiary/aromatic N) is 1. The van der Waals surface area contributed by atoms with E-state index < -0.39 is 15.9 Å². The summed E-state index contributed by atoms with van der Waals surface area (Å²) in [6.45, 7) is 4.16. The van der Waals surface area contributed by atoms with E-state index in [1.54, 1.807) is 44.6 Å². The normalized spacial score (nSPS) is 11.2. The van der Waals surface area contributed by atoms with Gasteiger partial charge < -0.3 is 14.8 Å². The quantitative estimate of drug-likeness (QED) is 0.426. The molecule has 3 rings (SSSR count). The smallest absolute Gasteiger partial charge is 0.264 e. The standard InChI is InChI=1S/C27H32N2O5S/c1-20(2)22-11-13-23(14-12-22)29(35(31,32)24-8-6-5-7-9-24)19-27(30)28-17-16-21-10-15-25(33-3)26(18-21)34-4/h5-15,18,20H,16-17,19H2,1-4H3,(H,28,30). The van der Waals surface area contributed by atoms with Crippen molar-refractivity contribution in [1.82, 2.24) is 5.32 Å². The van der Waals surface area contributed by atoms with E-state index in [-0.39, 0.29) is 11.4 Å². The van der Waals surface area contributed by atoms with Gasteiger partial charge in [0.1, 0.15) is 6.54 Å². The number of hydrogen-bond donors (Lipinski definition) is 1. The molecule has 8 heteroatoms. The molecule has 1 N–H and O–H groups in total. The molecule has 0 saturated heterocycles. The average molecular weight is 497 g/mol. The lowest BCUT2D eigenvalue weighted by molar-refractivity contribution is -0.119. The summed E-state index contributed by atoms with van der Waals surface area (Å²) in [4.78, 5) is 13.0. The number of methoxy groups -OCH3 is 2. The van der Waals surface area contributed by atoms with Crippen LogP contribution in [-0.4, -0.2) is 41.6 Å². The van der Waals surface area contributed by atoms with Crippen LogP contribution in [0.25, 0.3) is 0 Å². The Balaban J connectivity index is 1.75. The number of carbonyl (C=O) groups is 1. The Morgan fingerprint density at radius 1 is 0.914 bits per heavy atom. The molecule has 0 fully saturated rings. The van der Waals surface area contributed by atoms with Crippen LogP contribution in [0, 0.1) is 0 Å². The van der Waals surface area contributed by atoms with Crippen LogP contribution in [0.15, 0.2) is 77.7 Å². The number of benzene rings is 3. The SMILES string of the molecule is COc1ccc(CCNC(=O)CN(c2ccc(C(C)C)cc2)S(=O)(=O)c2ccccc2)cc1OC. The molecule has 0 radical (unpaired) electrons. The maximum Gasteiger partial charge on any atom is 0.264 e. The van der Waals surface area contributed by atoms with E-state index >= 15 is 0 Å². The van der Waals surface area contributed by atoms with Crippen molar-refractivity contribution in [2.24, 2.45) is 0 Å². The first-order chi connectivity index (χ1) is 16.8. The summed E-state index contributed by atoms with van der Waals surface area (Å²) in [6, 6.07) is 21.0. The van der Waals surface area contributed by atoms with Crippen LogP contribution in [0.1, 0.15) is 30.9 Å². The lowest BCUT2D eigenvalue weighted by Crippen LogP contribution is -2.41. The van der Waals surface area contributed by atoms with E-state index in [1.807, 2.05) is 30.3 Å². The Kier molecular flexibility index (Phi) is 8.76. The van der Waals surface area contributed by atoms with Crippen LogP contribution < -0.4 is 19.1 Å². The molecule has 1 amide bonds. The molecule has 7 nitrogen and oxygen atoms in total. The number of rotatable bonds is 11. The van der Waals surface area contributed by atoms with Gasteiger partial charge in [-0.3, -0.25) is 9.10 Å². The summed E-state index contributed by atoms with van der Waals surface area (Å²) in [6.07, 6.45) is 0.556. The predicted molar refractivity (Wildman–Crippen MR) is 138 cm³/mol. The first kappa shape index (κ1) is 26.1. The molecule has 0 atom stereocenters. The molecule has 0 aliphatic heterocycles. The Bertz CT molecular complexity index is 1230. The fourth-order valence-corrected chi connectivity index (χ4v) is 5.07. The molecule has 0 spiro atoms. The van der Waals surface area contributed by atoms with Crippen molar-refractivity contribution < 1.29 is 22.7 Å². The van der Waals surface area contributed by atoms with Crippen molar-refractivity contribution in [3.05, 3.63) is 83.9 Å². The van der Waals surface area contributed by atoms with Crippen molar-refractivity contribution in [3.63, 3.8) is 0 Å². The Morgan fingerprint density at radius 3 is 2.17 bits per heavy atom. The van der Waals surface area contributed by atoms with Crippen molar-refractivity contribution in [2.75, 3.05) is 31.6 Å². The third kappa shape index (κ3) is 6.54. The molecular weight excluding hydrogens is 464 g/mol. The van der Waals surface area contributed by atoms with Crippen molar-refractivity contribution >= 4 is 21.6 Å². The zero-order valence-corrected chi connectivity index (χ0v) is 21.3. The second-order valence-electron chi connectivity index (χ2n) is 8.36. The molecule has 0 saturated carbocycles. The highest BCUT2D eigenvalue weighted by atomic mass is 32.2. The van der Waals surface area contributed by atoms with Crippen LogP contribution in [-0.2, 0) is 21.2 Å². The molecule has 0 aromatic heterocycles. The minimum atomic E-state index is -3.93. The van der Waals surface area contributed by atoms with E-state index in [1.165, 1.54) is 12.1 Å². The van der Waals surface area contributed by atoms with E-state index in [0.717, 1.165) is 15.4 Å². The maximum absolute atomic E-state index is 13.4. The first-order valence-corrected chi connectivity index (χ1v) is 12.9. The first-order valence-electron chi connectivity index (χ1n) is 11.4. The van der Waals surface area contributed by atoms with Crippen molar-refractivity contribution in [2.45, 2.75) is 31.1 Å². The van der Waals surface area contributed by atoms with Crippen LogP contribution in [0.5, 0.6) is 11.5 Å². The van der Waals surface area contributed by atoms with Gasteiger partial charge in [0.05, 0.1) is 24.8 Å². The molecule has 0 heterocycles. The highest BCUT2D eigenvalue weighted by Gasteiger charge is 2.27. The monoisotopic (exact) mass is 496 g/mol. The van der Waals surface area contributed by atoms with Gasteiger partial charge in [-0.2, -0.15) is 0 Å². The topological polar surface area (TPSA) is 84.9 Å². The lowest BCUT2D eigenvalue weighted by atomic mass is 10.0. The predicted octanol–water partition coefficient (Wildman–Crippen LogP) is 4.38. The van der Waals surface area contributed by atoms with Gasteiger partial charge in [-0.15, -0.1) is 0 Å². The van der Waals surface area contributed by atoms with Gasteiger partial charge in [0.25, 0.3) is 10.0 Å². The molecule has 186 valence electrons. The van der Waals surface area contributed by atoms with Gasteiger partial charge in [-0.1, -0.05) is 50.2 Å². The van der Waals surface area contributed by atoms with E-state index in [4.69, 9.17) is 9.47 Å². The molecule has 0 bridgehead atoms. The number of nitrogens with one attached hydrogen (secondary N) is 1. The lowest BCUT2D eigenvalue weighted by Gasteiger charge is -2.24.